The van der Waals surface area contributed by atoms with E-state index in [1.54, 1.807) is 24.3 Å². The summed E-state index contributed by atoms with van der Waals surface area (Å²) >= 11 is 0. The molecular weight excluding hydrogens is 488 g/mol. The van der Waals surface area contributed by atoms with Crippen LogP contribution in [0.3, 0.4) is 0 Å². The Morgan fingerprint density at radius 2 is 1.74 bits per heavy atom. The van der Waals surface area contributed by atoms with E-state index >= 15 is 0 Å². The van der Waals surface area contributed by atoms with Crippen molar-refractivity contribution in [2.24, 2.45) is 5.92 Å². The lowest BCUT2D eigenvalue weighted by Crippen LogP contribution is -2.35. The van der Waals surface area contributed by atoms with Gasteiger partial charge in [0.25, 0.3) is 0 Å². The molecule has 3 aromatic carbocycles. The molecule has 0 aliphatic carbocycles. The lowest BCUT2D eigenvalue weighted by molar-refractivity contribution is -0.122. The second-order valence-electron chi connectivity index (χ2n) is 9.78. The second-order valence-corrected chi connectivity index (χ2v) is 9.78. The SMILES string of the molecule is CC(=O)Nc1ccc(Oc2ccccc2CNC(=O)CC2CCN(C/C=C/c3ccc(C#N)cc3)CC2)cc1. The van der Waals surface area contributed by atoms with Gasteiger partial charge in [-0.05, 0) is 79.9 Å². The predicted octanol–water partition coefficient (Wildman–Crippen LogP) is 5.74. The fraction of sp³-hybridized carbons (Fsp3) is 0.281. The van der Waals surface area contributed by atoms with Crippen molar-refractivity contribution in [1.82, 2.24) is 10.2 Å². The molecule has 200 valence electrons. The normalized spacial score (nSPS) is 14.1. The Morgan fingerprint density at radius 3 is 2.44 bits per heavy atom. The van der Waals surface area contributed by atoms with Crippen molar-refractivity contribution in [2.75, 3.05) is 25.0 Å². The van der Waals surface area contributed by atoms with Crippen molar-refractivity contribution < 1.29 is 14.3 Å². The number of nitriles is 1. The third kappa shape index (κ3) is 8.84. The molecular formula is C32H34N4O3. The Morgan fingerprint density at radius 1 is 1.03 bits per heavy atom. The van der Waals surface area contributed by atoms with Crippen LogP contribution in [0.2, 0.25) is 0 Å². The molecule has 1 aliphatic heterocycles. The van der Waals surface area contributed by atoms with Gasteiger partial charge in [0.05, 0.1) is 11.6 Å². The van der Waals surface area contributed by atoms with Crippen LogP contribution in [0.25, 0.3) is 6.08 Å². The Hall–Kier alpha value is -4.41. The van der Waals surface area contributed by atoms with Crippen LogP contribution in [-0.4, -0.2) is 36.3 Å². The fourth-order valence-electron chi connectivity index (χ4n) is 4.59. The van der Waals surface area contributed by atoms with Crippen molar-refractivity contribution in [2.45, 2.75) is 32.7 Å². The highest BCUT2D eigenvalue weighted by atomic mass is 16.5. The van der Waals surface area contributed by atoms with Gasteiger partial charge in [0.1, 0.15) is 11.5 Å². The Labute approximate surface area is 230 Å². The summed E-state index contributed by atoms with van der Waals surface area (Å²) in [6.45, 7) is 4.71. The van der Waals surface area contributed by atoms with Crippen LogP contribution in [0.1, 0.15) is 42.9 Å². The van der Waals surface area contributed by atoms with E-state index < -0.39 is 0 Å². The number of piperidine rings is 1. The Kier molecular flexibility index (Phi) is 9.87. The van der Waals surface area contributed by atoms with Crippen LogP contribution in [0.4, 0.5) is 5.69 Å². The van der Waals surface area contributed by atoms with Crippen LogP contribution in [0, 0.1) is 17.2 Å². The van der Waals surface area contributed by atoms with Crippen molar-refractivity contribution in [3.05, 3.63) is 95.6 Å². The van der Waals surface area contributed by atoms with Gasteiger partial charge in [-0.2, -0.15) is 5.26 Å². The molecule has 1 heterocycles. The third-order valence-corrected chi connectivity index (χ3v) is 6.75. The average Bonchev–Trinajstić information content (AvgIpc) is 2.95. The van der Waals surface area contributed by atoms with Crippen molar-refractivity contribution >= 4 is 23.6 Å². The van der Waals surface area contributed by atoms with Crippen molar-refractivity contribution in [3.8, 4) is 17.6 Å². The van der Waals surface area contributed by atoms with Gasteiger partial charge in [-0.25, -0.2) is 0 Å². The van der Waals surface area contributed by atoms with Crippen LogP contribution < -0.4 is 15.4 Å². The summed E-state index contributed by atoms with van der Waals surface area (Å²) < 4.78 is 6.05. The number of ether oxygens (including phenoxy) is 1. The molecule has 1 aliphatic rings. The predicted molar refractivity (Wildman–Crippen MR) is 153 cm³/mol. The maximum absolute atomic E-state index is 12.7. The zero-order chi connectivity index (χ0) is 27.5. The molecule has 1 fully saturated rings. The minimum atomic E-state index is -0.122. The molecule has 2 amide bonds. The number of para-hydroxylation sites is 1. The smallest absolute Gasteiger partial charge is 0.221 e. The third-order valence-electron chi connectivity index (χ3n) is 6.75. The summed E-state index contributed by atoms with van der Waals surface area (Å²) in [5.41, 5.74) is 3.37. The molecule has 1 saturated heterocycles. The van der Waals surface area contributed by atoms with Crippen molar-refractivity contribution in [3.63, 3.8) is 0 Å². The van der Waals surface area contributed by atoms with Gasteiger partial charge < -0.3 is 15.4 Å². The summed E-state index contributed by atoms with van der Waals surface area (Å²) in [5, 5.41) is 14.7. The fourth-order valence-corrected chi connectivity index (χ4v) is 4.59. The number of hydrogen-bond acceptors (Lipinski definition) is 5. The molecule has 0 unspecified atom stereocenters. The largest absolute Gasteiger partial charge is 0.457 e. The van der Waals surface area contributed by atoms with Gasteiger partial charge in [-0.15, -0.1) is 0 Å². The minimum absolute atomic E-state index is 0.0589. The first-order chi connectivity index (χ1) is 19.0. The number of likely N-dealkylation sites (tertiary alicyclic amines) is 1. The molecule has 0 saturated carbocycles. The molecule has 7 heteroatoms. The highest BCUT2D eigenvalue weighted by Crippen LogP contribution is 2.27. The topological polar surface area (TPSA) is 94.5 Å². The summed E-state index contributed by atoms with van der Waals surface area (Å²) in [6, 6.07) is 24.6. The number of rotatable bonds is 10. The van der Waals surface area contributed by atoms with Crippen LogP contribution >= 0.6 is 0 Å². The maximum atomic E-state index is 12.7. The number of nitrogens with one attached hydrogen (secondary N) is 2. The van der Waals surface area contributed by atoms with E-state index in [-0.39, 0.29) is 11.8 Å². The van der Waals surface area contributed by atoms with E-state index in [4.69, 9.17) is 10.00 Å². The molecule has 4 rings (SSSR count). The lowest BCUT2D eigenvalue weighted by atomic mass is 9.93. The monoisotopic (exact) mass is 522 g/mol. The van der Waals surface area contributed by atoms with E-state index in [0.717, 1.165) is 43.6 Å². The van der Waals surface area contributed by atoms with E-state index in [2.05, 4.69) is 33.8 Å². The van der Waals surface area contributed by atoms with Gasteiger partial charge in [0.2, 0.25) is 11.8 Å². The first-order valence-corrected chi connectivity index (χ1v) is 13.3. The Balaban J connectivity index is 1.19. The summed E-state index contributed by atoms with van der Waals surface area (Å²) in [6.07, 6.45) is 6.79. The molecule has 7 nitrogen and oxygen atoms in total. The number of carbonyl (C=O) groups excluding carboxylic acids is 2. The van der Waals surface area contributed by atoms with Gasteiger partial charge in [-0.1, -0.05) is 42.5 Å². The molecule has 0 bridgehead atoms. The van der Waals surface area contributed by atoms with Crippen LogP contribution in [0.15, 0.2) is 78.9 Å². The summed E-state index contributed by atoms with van der Waals surface area (Å²) in [4.78, 5) is 26.3. The molecule has 2 N–H and O–H groups in total. The van der Waals surface area contributed by atoms with Gasteiger partial charge >= 0.3 is 0 Å². The Bertz CT molecular complexity index is 1320. The zero-order valence-electron chi connectivity index (χ0n) is 22.2. The molecule has 39 heavy (non-hydrogen) atoms. The van der Waals surface area contributed by atoms with E-state index in [9.17, 15) is 9.59 Å². The summed E-state index contributed by atoms with van der Waals surface area (Å²) in [7, 11) is 0. The van der Waals surface area contributed by atoms with E-state index in [1.165, 1.54) is 6.92 Å². The van der Waals surface area contributed by atoms with E-state index in [1.807, 2.05) is 48.5 Å². The number of benzene rings is 3. The number of hydrogen-bond donors (Lipinski definition) is 2. The molecule has 0 atom stereocenters. The quantitative estimate of drug-likeness (QED) is 0.354. The molecule has 0 aromatic heterocycles. The highest BCUT2D eigenvalue weighted by molar-refractivity contribution is 5.88. The van der Waals surface area contributed by atoms with Gasteiger partial charge in [-0.3, -0.25) is 14.5 Å². The first kappa shape index (κ1) is 27.6. The zero-order valence-corrected chi connectivity index (χ0v) is 22.2. The number of nitrogens with zero attached hydrogens (tertiary/aromatic N) is 2. The van der Waals surface area contributed by atoms with Crippen molar-refractivity contribution in [1.29, 1.82) is 5.26 Å². The standard InChI is InChI=1S/C32H34N4O3/c1-24(37)35-29-12-14-30(15-13-29)39-31-7-3-2-6-28(31)23-34-32(38)21-26-16-19-36(20-17-26)18-4-5-25-8-10-27(22-33)11-9-25/h2-15,26H,16-21,23H2,1H3,(H,34,38)(H,35,37)/b5-4+. The molecule has 0 radical (unpaired) electrons. The molecule has 3 aromatic rings. The number of anilines is 1. The first-order valence-electron chi connectivity index (χ1n) is 13.3. The maximum Gasteiger partial charge on any atom is 0.221 e. The summed E-state index contributed by atoms with van der Waals surface area (Å²) in [5.74, 6) is 1.67. The number of amides is 2. The van der Waals surface area contributed by atoms with Gasteiger partial charge in [0.15, 0.2) is 0 Å². The van der Waals surface area contributed by atoms with Gasteiger partial charge in [0, 0.05) is 37.7 Å². The highest BCUT2D eigenvalue weighted by Gasteiger charge is 2.21. The molecule has 0 spiro atoms. The number of carbonyl (C=O) groups is 2. The van der Waals surface area contributed by atoms with Crippen LogP contribution in [0.5, 0.6) is 11.5 Å². The lowest BCUT2D eigenvalue weighted by Gasteiger charge is -2.30. The van der Waals surface area contributed by atoms with Crippen LogP contribution in [-0.2, 0) is 16.1 Å². The minimum Gasteiger partial charge on any atom is -0.457 e. The van der Waals surface area contributed by atoms with E-state index in [0.29, 0.717) is 41.6 Å². The average molecular weight is 523 g/mol. The second kappa shape index (κ2) is 13.9.